The molecule has 0 bridgehead atoms. The van der Waals surface area contributed by atoms with Crippen LogP contribution in [0, 0.1) is 17.2 Å². The molecule has 0 radical (unpaired) electrons. The molecule has 0 aliphatic carbocycles. The molecule has 6 nitrogen and oxygen atoms in total. The van der Waals surface area contributed by atoms with E-state index in [1.165, 1.54) is 5.57 Å². The Hall–Kier alpha value is -3.42. The zero-order valence-corrected chi connectivity index (χ0v) is 27.1. The topological polar surface area (TPSA) is 77.2 Å². The fourth-order valence-electron chi connectivity index (χ4n) is 6.58. The van der Waals surface area contributed by atoms with E-state index in [-0.39, 0.29) is 41.4 Å². The summed E-state index contributed by atoms with van der Waals surface area (Å²) in [5.41, 5.74) is 2.97. The number of piperidine rings is 1. The van der Waals surface area contributed by atoms with Crippen LogP contribution < -0.4 is 10.6 Å². The average molecular weight is 621 g/mol. The Morgan fingerprint density at radius 1 is 1.11 bits per heavy atom. The molecule has 0 spiro atoms. The van der Waals surface area contributed by atoms with Gasteiger partial charge in [0.15, 0.2) is 0 Å². The number of nitrogens with one attached hydrogen (secondary N) is 3. The smallest absolute Gasteiger partial charge is 0.268 e. The third-order valence-electron chi connectivity index (χ3n) is 9.21. The fourth-order valence-corrected chi connectivity index (χ4v) is 6.76. The molecular weight excluding hydrogens is 575 g/mol. The van der Waals surface area contributed by atoms with Crippen molar-refractivity contribution in [3.63, 3.8) is 0 Å². The highest BCUT2D eigenvalue weighted by Crippen LogP contribution is 2.41. The molecule has 1 fully saturated rings. The van der Waals surface area contributed by atoms with Gasteiger partial charge in [-0.3, -0.25) is 9.59 Å². The number of amides is 2. The third-order valence-corrected chi connectivity index (χ3v) is 9.44. The molecule has 3 aromatic rings. The average Bonchev–Trinajstić information content (AvgIpc) is 3.44. The lowest BCUT2D eigenvalue weighted by Crippen LogP contribution is -2.46. The SMILES string of the molecule is C/C=C\C(=C/C)C(CCCN1CCC(c2ccccc2F)CC1)(CNC(=O)CNC(=O)c1cc2cc(Cl)ccc2[nH]1)C(C)C. The molecule has 2 amide bonds. The van der Waals surface area contributed by atoms with E-state index in [0.29, 0.717) is 17.3 Å². The molecule has 1 unspecified atom stereocenters. The number of aromatic amines is 1. The van der Waals surface area contributed by atoms with Crippen molar-refractivity contribution in [2.45, 2.75) is 59.3 Å². The zero-order chi connectivity index (χ0) is 31.7. The van der Waals surface area contributed by atoms with Gasteiger partial charge in [-0.25, -0.2) is 4.39 Å². The minimum absolute atomic E-state index is 0.0969. The standard InChI is InChI=1S/C36H46ClFN4O2/c1-5-10-28(6-2)36(25(3)4,17-9-18-42-19-15-26(16-20-42)30-11-7-8-12-31(30)38)24-40-34(43)23-39-35(44)33-22-27-21-29(37)13-14-32(27)41-33/h5-8,10-14,21-22,25-26,41H,9,15-20,23-24H2,1-4H3,(H,39,44)(H,40,43)/b10-5-,28-6+. The van der Waals surface area contributed by atoms with E-state index in [1.54, 1.807) is 30.3 Å². The first-order chi connectivity index (χ1) is 21.2. The van der Waals surface area contributed by atoms with Gasteiger partial charge in [0.2, 0.25) is 5.91 Å². The highest BCUT2D eigenvalue weighted by Gasteiger charge is 2.36. The molecule has 3 N–H and O–H groups in total. The number of fused-ring (bicyclic) bond motifs is 1. The van der Waals surface area contributed by atoms with Crippen LogP contribution >= 0.6 is 11.6 Å². The van der Waals surface area contributed by atoms with E-state index in [2.05, 4.69) is 59.5 Å². The van der Waals surface area contributed by atoms with Crippen molar-refractivity contribution in [2.24, 2.45) is 11.3 Å². The van der Waals surface area contributed by atoms with Crippen LogP contribution in [0.15, 0.2) is 72.3 Å². The number of hydrogen-bond donors (Lipinski definition) is 3. The van der Waals surface area contributed by atoms with Gasteiger partial charge >= 0.3 is 0 Å². The highest BCUT2D eigenvalue weighted by molar-refractivity contribution is 6.31. The van der Waals surface area contributed by atoms with Gasteiger partial charge in [0.25, 0.3) is 5.91 Å². The number of nitrogens with zero attached hydrogens (tertiary/aromatic N) is 1. The summed E-state index contributed by atoms with van der Waals surface area (Å²) in [5.74, 6) is -0.125. The number of aromatic nitrogens is 1. The first-order valence-corrected chi connectivity index (χ1v) is 16.1. The second-order valence-corrected chi connectivity index (χ2v) is 12.6. The third kappa shape index (κ3) is 8.19. The number of hydrogen-bond acceptors (Lipinski definition) is 3. The molecule has 8 heteroatoms. The van der Waals surface area contributed by atoms with Gasteiger partial charge in [0.1, 0.15) is 11.5 Å². The largest absolute Gasteiger partial charge is 0.354 e. The van der Waals surface area contributed by atoms with Crippen LogP contribution in [-0.4, -0.2) is 54.4 Å². The molecule has 1 aromatic heterocycles. The summed E-state index contributed by atoms with van der Waals surface area (Å²) in [7, 11) is 0. The van der Waals surface area contributed by atoms with Gasteiger partial charge in [-0.05, 0) is 112 Å². The number of rotatable bonds is 13. The van der Waals surface area contributed by atoms with Crippen molar-refractivity contribution in [3.8, 4) is 0 Å². The second kappa shape index (κ2) is 15.5. The van der Waals surface area contributed by atoms with Crippen LogP contribution in [0.3, 0.4) is 0 Å². The van der Waals surface area contributed by atoms with E-state index >= 15 is 0 Å². The Balaban J connectivity index is 1.33. The van der Waals surface area contributed by atoms with Crippen molar-refractivity contribution in [1.29, 1.82) is 0 Å². The van der Waals surface area contributed by atoms with Gasteiger partial charge in [-0.15, -0.1) is 0 Å². The van der Waals surface area contributed by atoms with E-state index in [4.69, 9.17) is 11.6 Å². The van der Waals surface area contributed by atoms with Crippen molar-refractivity contribution < 1.29 is 14.0 Å². The van der Waals surface area contributed by atoms with Gasteiger partial charge in [0, 0.05) is 27.9 Å². The van der Waals surface area contributed by atoms with Crippen molar-refractivity contribution >= 4 is 34.3 Å². The number of allylic oxidation sites excluding steroid dienone is 3. The fraction of sp³-hybridized carbons (Fsp3) is 0.444. The van der Waals surface area contributed by atoms with Crippen LogP contribution in [0.5, 0.6) is 0 Å². The van der Waals surface area contributed by atoms with Crippen molar-refractivity contribution in [1.82, 2.24) is 20.5 Å². The molecular formula is C36H46ClFN4O2. The number of H-pyrrole nitrogens is 1. The van der Waals surface area contributed by atoms with E-state index < -0.39 is 0 Å². The maximum absolute atomic E-state index is 14.3. The highest BCUT2D eigenvalue weighted by atomic mass is 35.5. The van der Waals surface area contributed by atoms with Gasteiger partial charge in [0.05, 0.1) is 6.54 Å². The monoisotopic (exact) mass is 620 g/mol. The molecule has 1 atom stereocenters. The minimum atomic E-state index is -0.343. The Morgan fingerprint density at radius 3 is 2.55 bits per heavy atom. The van der Waals surface area contributed by atoms with E-state index in [9.17, 15) is 14.0 Å². The summed E-state index contributed by atoms with van der Waals surface area (Å²) >= 11 is 6.07. The van der Waals surface area contributed by atoms with Crippen LogP contribution in [-0.2, 0) is 4.79 Å². The summed E-state index contributed by atoms with van der Waals surface area (Å²) < 4.78 is 14.3. The summed E-state index contributed by atoms with van der Waals surface area (Å²) in [6, 6.07) is 14.3. The molecule has 2 aromatic carbocycles. The second-order valence-electron chi connectivity index (χ2n) is 12.2. The van der Waals surface area contributed by atoms with Crippen LogP contribution in [0.2, 0.25) is 5.02 Å². The quantitative estimate of drug-likeness (QED) is 0.172. The number of carbonyl (C=O) groups is 2. The normalized spacial score (nSPS) is 16.5. The maximum atomic E-state index is 14.3. The van der Waals surface area contributed by atoms with Crippen LogP contribution in [0.25, 0.3) is 10.9 Å². The first kappa shape index (κ1) is 33.5. The molecule has 236 valence electrons. The first-order valence-electron chi connectivity index (χ1n) is 15.8. The Labute approximate surface area is 266 Å². The predicted molar refractivity (Wildman–Crippen MR) is 179 cm³/mol. The molecule has 1 aliphatic heterocycles. The Morgan fingerprint density at radius 2 is 1.86 bits per heavy atom. The predicted octanol–water partition coefficient (Wildman–Crippen LogP) is 7.63. The van der Waals surface area contributed by atoms with Crippen LogP contribution in [0.1, 0.15) is 75.3 Å². The number of halogens is 2. The van der Waals surface area contributed by atoms with Crippen molar-refractivity contribution in [2.75, 3.05) is 32.7 Å². The van der Waals surface area contributed by atoms with Gasteiger partial charge in [-0.2, -0.15) is 0 Å². The maximum Gasteiger partial charge on any atom is 0.268 e. The molecule has 44 heavy (non-hydrogen) atoms. The minimum Gasteiger partial charge on any atom is -0.354 e. The van der Waals surface area contributed by atoms with Crippen LogP contribution in [0.4, 0.5) is 4.39 Å². The lowest BCUT2D eigenvalue weighted by atomic mass is 9.67. The molecule has 1 aliphatic rings. The van der Waals surface area contributed by atoms with Crippen molar-refractivity contribution in [3.05, 3.63) is 94.4 Å². The zero-order valence-electron chi connectivity index (χ0n) is 26.4. The Kier molecular flexibility index (Phi) is 11.8. The summed E-state index contributed by atoms with van der Waals surface area (Å²) in [6.07, 6.45) is 10.2. The molecule has 0 saturated carbocycles. The number of carbonyl (C=O) groups excluding carboxylic acids is 2. The Bertz CT molecular complexity index is 1490. The van der Waals surface area contributed by atoms with Gasteiger partial charge < -0.3 is 20.5 Å². The lowest BCUT2D eigenvalue weighted by molar-refractivity contribution is -0.120. The lowest BCUT2D eigenvalue weighted by Gasteiger charge is -2.40. The number of likely N-dealkylation sites (tertiary alicyclic amines) is 1. The summed E-state index contributed by atoms with van der Waals surface area (Å²) in [4.78, 5) is 31.3. The molecule has 2 heterocycles. The molecule has 4 rings (SSSR count). The van der Waals surface area contributed by atoms with Gasteiger partial charge in [-0.1, -0.05) is 61.9 Å². The summed E-state index contributed by atoms with van der Waals surface area (Å²) in [5, 5.41) is 7.31. The van der Waals surface area contributed by atoms with E-state index in [0.717, 1.165) is 61.8 Å². The summed E-state index contributed by atoms with van der Waals surface area (Å²) in [6.45, 7) is 11.7. The molecule has 1 saturated heterocycles. The number of benzene rings is 2. The van der Waals surface area contributed by atoms with E-state index in [1.807, 2.05) is 25.1 Å².